The summed E-state index contributed by atoms with van der Waals surface area (Å²) in [7, 11) is -2.51. The van der Waals surface area contributed by atoms with Crippen LogP contribution in [0.4, 0.5) is 22.2 Å². The van der Waals surface area contributed by atoms with Gasteiger partial charge in [0.25, 0.3) is 0 Å². The molecule has 3 saturated heterocycles. The first kappa shape index (κ1) is 35.4. The average molecular weight is 689 g/mol. The van der Waals surface area contributed by atoms with Gasteiger partial charge >= 0.3 is 6.09 Å². The monoisotopic (exact) mass is 688 g/mol. The van der Waals surface area contributed by atoms with Crippen molar-refractivity contribution in [3.05, 3.63) is 35.5 Å². The van der Waals surface area contributed by atoms with Gasteiger partial charge in [0, 0.05) is 70.2 Å². The minimum absolute atomic E-state index is 0.108. The smallest absolute Gasteiger partial charge is 0.410 e. The molecule has 258 valence electrons. The molecular weight excluding hydrogens is 639 g/mol. The highest BCUT2D eigenvalue weighted by Crippen LogP contribution is 2.38. The molecule has 5 rings (SSSR count). The van der Waals surface area contributed by atoms with Gasteiger partial charge in [-0.3, -0.25) is 14.6 Å². The summed E-state index contributed by atoms with van der Waals surface area (Å²) < 4.78 is 18.3. The van der Waals surface area contributed by atoms with E-state index in [4.69, 9.17) is 16.3 Å². The van der Waals surface area contributed by atoms with Crippen molar-refractivity contribution in [3.8, 4) is 0 Å². The van der Waals surface area contributed by atoms with E-state index in [1.54, 1.807) is 24.4 Å². The van der Waals surface area contributed by atoms with E-state index in [2.05, 4.69) is 30.4 Å². The number of hydrogen-bond acceptors (Lipinski definition) is 10. The second-order valence-electron chi connectivity index (χ2n) is 14.3. The molecule has 0 aliphatic carbocycles. The summed E-state index contributed by atoms with van der Waals surface area (Å²) in [4.78, 5) is 43.0. The number of rotatable bonds is 9. The van der Waals surface area contributed by atoms with Crippen molar-refractivity contribution in [2.24, 2.45) is 5.92 Å². The quantitative estimate of drug-likeness (QED) is 0.367. The number of hydrogen-bond donors (Lipinski definition) is 2. The van der Waals surface area contributed by atoms with Crippen LogP contribution in [0.1, 0.15) is 40.0 Å². The molecule has 3 aliphatic heterocycles. The summed E-state index contributed by atoms with van der Waals surface area (Å²) in [5.41, 5.74) is 0.231. The second-order valence-corrected chi connectivity index (χ2v) is 17.9. The van der Waals surface area contributed by atoms with Gasteiger partial charge < -0.3 is 29.7 Å². The standard InChI is InChI=1S/C33H50ClN8O4P/c1-33(2,3)46-32(44)42-18-16-39(17-19-42)21-24-10-14-41(15-11-24)29(43)23-40-13-12-25(22-40)36-31-35-20-26(34)30(38-31)37-27-8-6-7-9-28(27)47(4,5)45/h6-9,20,24-25H,10-19,21-23H2,1-5H3,(H2,35,36,37,38)/t25-/m1/s1. The molecule has 47 heavy (non-hydrogen) atoms. The van der Waals surface area contributed by atoms with Gasteiger partial charge in [0.15, 0.2) is 5.82 Å². The molecule has 0 spiro atoms. The molecule has 1 atom stereocenters. The zero-order valence-corrected chi connectivity index (χ0v) is 30.0. The third kappa shape index (κ3) is 10.0. The number of aromatic nitrogens is 2. The summed E-state index contributed by atoms with van der Waals surface area (Å²) >= 11 is 6.42. The van der Waals surface area contributed by atoms with E-state index >= 15 is 0 Å². The number of piperidine rings is 1. The highest BCUT2D eigenvalue weighted by atomic mass is 35.5. The summed E-state index contributed by atoms with van der Waals surface area (Å²) in [6, 6.07) is 7.58. The third-order valence-corrected chi connectivity index (χ3v) is 10.8. The van der Waals surface area contributed by atoms with Crippen LogP contribution in [0.2, 0.25) is 5.02 Å². The topological polar surface area (TPSA) is 123 Å². The van der Waals surface area contributed by atoms with Gasteiger partial charge in [0.1, 0.15) is 17.8 Å². The molecule has 12 nitrogen and oxygen atoms in total. The lowest BCUT2D eigenvalue weighted by Crippen LogP contribution is -2.52. The number of carbonyl (C=O) groups excluding carboxylic acids is 2. The lowest BCUT2D eigenvalue weighted by molar-refractivity contribution is -0.133. The Morgan fingerprint density at radius 2 is 1.68 bits per heavy atom. The average Bonchev–Trinajstić information content (AvgIpc) is 3.44. The van der Waals surface area contributed by atoms with Crippen molar-refractivity contribution >= 4 is 53.5 Å². The Morgan fingerprint density at radius 1 is 0.979 bits per heavy atom. The van der Waals surface area contributed by atoms with Crippen LogP contribution >= 0.6 is 18.7 Å². The molecule has 0 radical (unpaired) electrons. The summed E-state index contributed by atoms with van der Waals surface area (Å²) in [6.45, 7) is 16.8. The molecule has 0 unspecified atom stereocenters. The van der Waals surface area contributed by atoms with Crippen LogP contribution in [0.15, 0.2) is 30.5 Å². The van der Waals surface area contributed by atoms with Crippen molar-refractivity contribution in [3.63, 3.8) is 0 Å². The van der Waals surface area contributed by atoms with Crippen LogP contribution in [0.5, 0.6) is 0 Å². The number of nitrogens with zero attached hydrogens (tertiary/aromatic N) is 6. The number of piperazine rings is 1. The molecule has 3 fully saturated rings. The van der Waals surface area contributed by atoms with Crippen LogP contribution in [-0.2, 0) is 14.1 Å². The highest BCUT2D eigenvalue weighted by molar-refractivity contribution is 7.70. The number of amides is 2. The maximum absolute atomic E-state index is 13.2. The van der Waals surface area contributed by atoms with Crippen LogP contribution in [0.3, 0.4) is 0 Å². The van der Waals surface area contributed by atoms with Gasteiger partial charge in [0.2, 0.25) is 11.9 Å². The van der Waals surface area contributed by atoms with Crippen molar-refractivity contribution < 1.29 is 18.9 Å². The van der Waals surface area contributed by atoms with Crippen LogP contribution in [0, 0.1) is 5.92 Å². The lowest BCUT2D eigenvalue weighted by atomic mass is 9.96. The summed E-state index contributed by atoms with van der Waals surface area (Å²) in [5, 5.41) is 7.76. The summed E-state index contributed by atoms with van der Waals surface area (Å²) in [5.74, 6) is 1.65. The molecule has 4 heterocycles. The van der Waals surface area contributed by atoms with Crippen molar-refractivity contribution in [1.82, 2.24) is 29.6 Å². The molecule has 2 aromatic rings. The number of para-hydroxylation sites is 1. The van der Waals surface area contributed by atoms with E-state index in [9.17, 15) is 14.2 Å². The molecule has 14 heteroatoms. The molecule has 1 aromatic heterocycles. The van der Waals surface area contributed by atoms with Gasteiger partial charge in [-0.15, -0.1) is 0 Å². The maximum Gasteiger partial charge on any atom is 0.410 e. The fraction of sp³-hybridized carbons (Fsp3) is 0.636. The molecule has 3 aliphatic rings. The van der Waals surface area contributed by atoms with Crippen LogP contribution in [0.25, 0.3) is 0 Å². The number of ether oxygens (including phenoxy) is 1. The second kappa shape index (κ2) is 15.1. The van der Waals surface area contributed by atoms with Crippen molar-refractivity contribution in [2.45, 2.75) is 51.7 Å². The Balaban J connectivity index is 1.03. The Hall–Kier alpha value is -2.92. The first-order chi connectivity index (χ1) is 22.2. The van der Waals surface area contributed by atoms with E-state index in [0.29, 0.717) is 48.0 Å². The van der Waals surface area contributed by atoms with E-state index in [-0.39, 0.29) is 18.0 Å². The number of carbonyl (C=O) groups is 2. The van der Waals surface area contributed by atoms with Gasteiger partial charge in [-0.05, 0) is 71.4 Å². The molecule has 0 bridgehead atoms. The maximum atomic E-state index is 13.2. The molecule has 2 amide bonds. The predicted molar refractivity (Wildman–Crippen MR) is 188 cm³/mol. The number of nitrogens with one attached hydrogen (secondary N) is 2. The highest BCUT2D eigenvalue weighted by Gasteiger charge is 2.31. The Bertz CT molecular complexity index is 1450. The van der Waals surface area contributed by atoms with Gasteiger partial charge in [-0.2, -0.15) is 4.98 Å². The minimum atomic E-state index is -2.51. The zero-order chi connectivity index (χ0) is 33.8. The van der Waals surface area contributed by atoms with E-state index in [1.807, 2.05) is 49.9 Å². The first-order valence-corrected chi connectivity index (χ1v) is 19.6. The van der Waals surface area contributed by atoms with Crippen LogP contribution in [-0.4, -0.2) is 132 Å². The molecule has 2 N–H and O–H groups in total. The lowest BCUT2D eigenvalue weighted by Gasteiger charge is -2.39. The first-order valence-electron chi connectivity index (χ1n) is 16.6. The van der Waals surface area contributed by atoms with Crippen molar-refractivity contribution in [2.75, 3.05) is 89.4 Å². The SMILES string of the molecule is CC(C)(C)OC(=O)N1CCN(CC2CCN(C(=O)CN3CC[C@@H](Nc4ncc(Cl)c(Nc5ccccc5P(C)(C)=O)n4)C3)CC2)CC1. The van der Waals surface area contributed by atoms with Crippen molar-refractivity contribution in [1.29, 1.82) is 0 Å². The Morgan fingerprint density at radius 3 is 2.36 bits per heavy atom. The summed E-state index contributed by atoms with van der Waals surface area (Å²) in [6.07, 6.45) is 4.22. The number of anilines is 3. The molecular formula is C33H50ClN8O4P. The molecule has 0 saturated carbocycles. The third-order valence-electron chi connectivity index (χ3n) is 8.95. The fourth-order valence-corrected chi connectivity index (χ4v) is 7.73. The largest absolute Gasteiger partial charge is 0.444 e. The number of benzene rings is 1. The fourth-order valence-electron chi connectivity index (χ4n) is 6.44. The minimum Gasteiger partial charge on any atom is -0.444 e. The Labute approximate surface area is 283 Å². The van der Waals surface area contributed by atoms with Crippen LogP contribution < -0.4 is 15.9 Å². The van der Waals surface area contributed by atoms with Gasteiger partial charge in [0.05, 0.1) is 18.4 Å². The zero-order valence-electron chi connectivity index (χ0n) is 28.4. The van der Waals surface area contributed by atoms with Gasteiger partial charge in [-0.25, -0.2) is 9.78 Å². The molecule has 1 aromatic carbocycles. The number of likely N-dealkylation sites (tertiary alicyclic amines) is 2. The van der Waals surface area contributed by atoms with E-state index in [1.165, 1.54) is 0 Å². The normalized spacial score (nSPS) is 20.3. The van der Waals surface area contributed by atoms with Gasteiger partial charge in [-0.1, -0.05) is 23.7 Å². The predicted octanol–water partition coefficient (Wildman–Crippen LogP) is 4.40. The number of halogens is 1. The van der Waals surface area contributed by atoms with E-state index < -0.39 is 12.7 Å². The van der Waals surface area contributed by atoms with E-state index in [0.717, 1.165) is 70.4 Å². The Kier molecular flexibility index (Phi) is 11.4.